The molecule has 1 N–H and O–H groups in total. The summed E-state index contributed by atoms with van der Waals surface area (Å²) < 4.78 is 11.4. The van der Waals surface area contributed by atoms with Crippen molar-refractivity contribution < 1.29 is 9.47 Å². The number of methoxy groups -OCH3 is 1. The van der Waals surface area contributed by atoms with E-state index in [1.165, 1.54) is 14.9 Å². The summed E-state index contributed by atoms with van der Waals surface area (Å²) in [4.78, 5) is 1.30. The molecule has 100 valence electrons. The fourth-order valence-electron chi connectivity index (χ4n) is 1.62. The Balaban J connectivity index is 1.83. The lowest BCUT2D eigenvalue weighted by Crippen LogP contribution is -2.30. The number of nitrogens with one attached hydrogen (secondary N) is 1. The Labute approximate surface area is 121 Å². The van der Waals surface area contributed by atoms with E-state index in [4.69, 9.17) is 9.47 Å². The molecular formula is C13H18BrNO2S. The van der Waals surface area contributed by atoms with E-state index >= 15 is 0 Å². The average Bonchev–Trinajstić information content (AvgIpc) is 2.31. The third-order valence-electron chi connectivity index (χ3n) is 2.71. The number of rotatable bonds is 7. The fraction of sp³-hybridized carbons (Fsp3) is 0.538. The molecule has 1 aromatic carbocycles. The van der Waals surface area contributed by atoms with Crippen molar-refractivity contribution >= 4 is 27.7 Å². The maximum absolute atomic E-state index is 5.19. The first kappa shape index (κ1) is 14.3. The maximum atomic E-state index is 5.19. The van der Waals surface area contributed by atoms with E-state index in [9.17, 15) is 0 Å². The van der Waals surface area contributed by atoms with Crippen LogP contribution in [-0.4, -0.2) is 38.7 Å². The zero-order chi connectivity index (χ0) is 12.8. The first-order chi connectivity index (χ1) is 8.79. The largest absolute Gasteiger partial charge is 0.383 e. The van der Waals surface area contributed by atoms with Gasteiger partial charge in [-0.05, 0) is 33.6 Å². The molecule has 0 amide bonds. The first-order valence-corrected chi connectivity index (χ1v) is 7.69. The van der Waals surface area contributed by atoms with Crippen LogP contribution in [0, 0.1) is 0 Å². The van der Waals surface area contributed by atoms with Crippen LogP contribution >= 0.6 is 27.7 Å². The monoisotopic (exact) mass is 331 g/mol. The van der Waals surface area contributed by atoms with E-state index in [0.29, 0.717) is 5.25 Å². The number of benzene rings is 1. The van der Waals surface area contributed by atoms with Crippen LogP contribution in [0.3, 0.4) is 0 Å². The average molecular weight is 332 g/mol. The van der Waals surface area contributed by atoms with Gasteiger partial charge >= 0.3 is 0 Å². The van der Waals surface area contributed by atoms with Crippen molar-refractivity contribution in [2.45, 2.75) is 16.7 Å². The Morgan fingerprint density at radius 1 is 1.50 bits per heavy atom. The Kier molecular flexibility index (Phi) is 5.98. The summed E-state index contributed by atoms with van der Waals surface area (Å²) >= 11 is 5.52. The quantitative estimate of drug-likeness (QED) is 0.778. The van der Waals surface area contributed by atoms with Gasteiger partial charge in [0.05, 0.1) is 25.1 Å². The van der Waals surface area contributed by atoms with E-state index in [2.05, 4.69) is 39.4 Å². The van der Waals surface area contributed by atoms with Gasteiger partial charge in [0.1, 0.15) is 0 Å². The molecular weight excluding hydrogens is 314 g/mol. The second kappa shape index (κ2) is 7.50. The summed E-state index contributed by atoms with van der Waals surface area (Å²) in [7, 11) is 1.72. The van der Waals surface area contributed by atoms with Crippen LogP contribution in [0.4, 0.5) is 0 Å². The minimum Gasteiger partial charge on any atom is -0.383 e. The van der Waals surface area contributed by atoms with Gasteiger partial charge in [-0.25, -0.2) is 0 Å². The SMILES string of the molecule is COCCNCc1ccc(SC2COC2)c(Br)c1. The Morgan fingerprint density at radius 3 is 2.94 bits per heavy atom. The van der Waals surface area contributed by atoms with Crippen LogP contribution in [0.5, 0.6) is 0 Å². The summed E-state index contributed by atoms with van der Waals surface area (Å²) in [5.74, 6) is 0. The van der Waals surface area contributed by atoms with Gasteiger partial charge in [0.25, 0.3) is 0 Å². The van der Waals surface area contributed by atoms with Crippen LogP contribution in [0.2, 0.25) is 0 Å². The minimum absolute atomic E-state index is 0.618. The molecule has 3 nitrogen and oxygen atoms in total. The highest BCUT2D eigenvalue weighted by molar-refractivity contribution is 9.10. The van der Waals surface area contributed by atoms with Crippen LogP contribution in [0.25, 0.3) is 0 Å². The summed E-state index contributed by atoms with van der Waals surface area (Å²) in [6.45, 7) is 4.25. The zero-order valence-electron chi connectivity index (χ0n) is 10.4. The van der Waals surface area contributed by atoms with Crippen LogP contribution in [0.15, 0.2) is 27.6 Å². The molecule has 0 radical (unpaired) electrons. The Bertz CT molecular complexity index is 385. The second-order valence-electron chi connectivity index (χ2n) is 4.21. The van der Waals surface area contributed by atoms with Crippen LogP contribution < -0.4 is 5.32 Å². The van der Waals surface area contributed by atoms with Gasteiger partial charge in [0.2, 0.25) is 0 Å². The number of hydrogen-bond donors (Lipinski definition) is 1. The first-order valence-electron chi connectivity index (χ1n) is 6.02. The molecule has 0 aliphatic carbocycles. The number of ether oxygens (including phenoxy) is 2. The van der Waals surface area contributed by atoms with Gasteiger partial charge in [-0.15, -0.1) is 11.8 Å². The lowest BCUT2D eigenvalue weighted by atomic mass is 10.2. The zero-order valence-corrected chi connectivity index (χ0v) is 12.9. The highest BCUT2D eigenvalue weighted by Crippen LogP contribution is 2.33. The molecule has 18 heavy (non-hydrogen) atoms. The van der Waals surface area contributed by atoms with Crippen molar-refractivity contribution in [1.29, 1.82) is 0 Å². The predicted octanol–water partition coefficient (Wildman–Crippen LogP) is 2.68. The molecule has 1 fully saturated rings. The summed E-state index contributed by atoms with van der Waals surface area (Å²) in [6, 6.07) is 6.54. The lowest BCUT2D eigenvalue weighted by Gasteiger charge is -2.25. The molecule has 1 heterocycles. The van der Waals surface area contributed by atoms with E-state index in [1.54, 1.807) is 7.11 Å². The van der Waals surface area contributed by atoms with Gasteiger partial charge in [-0.2, -0.15) is 0 Å². The van der Waals surface area contributed by atoms with Gasteiger partial charge in [0.15, 0.2) is 0 Å². The molecule has 0 atom stereocenters. The normalized spacial score (nSPS) is 15.7. The smallest absolute Gasteiger partial charge is 0.0611 e. The second-order valence-corrected chi connectivity index (χ2v) is 6.41. The molecule has 0 saturated carbocycles. The van der Waals surface area contributed by atoms with Crippen LogP contribution in [-0.2, 0) is 16.0 Å². The molecule has 0 bridgehead atoms. The van der Waals surface area contributed by atoms with Crippen molar-refractivity contribution in [1.82, 2.24) is 5.32 Å². The maximum Gasteiger partial charge on any atom is 0.0611 e. The molecule has 2 rings (SSSR count). The van der Waals surface area contributed by atoms with E-state index in [1.807, 2.05) is 11.8 Å². The van der Waals surface area contributed by atoms with Gasteiger partial charge in [0, 0.05) is 29.6 Å². The summed E-state index contributed by atoms with van der Waals surface area (Å²) in [6.07, 6.45) is 0. The molecule has 1 aliphatic rings. The number of thioether (sulfide) groups is 1. The van der Waals surface area contributed by atoms with Crippen molar-refractivity contribution in [2.75, 3.05) is 33.5 Å². The van der Waals surface area contributed by atoms with Crippen molar-refractivity contribution in [3.63, 3.8) is 0 Å². The molecule has 1 aliphatic heterocycles. The van der Waals surface area contributed by atoms with Crippen molar-refractivity contribution in [3.8, 4) is 0 Å². The highest BCUT2D eigenvalue weighted by atomic mass is 79.9. The fourth-order valence-corrected chi connectivity index (χ4v) is 3.33. The number of halogens is 1. The van der Waals surface area contributed by atoms with Crippen molar-refractivity contribution in [3.05, 3.63) is 28.2 Å². The summed E-state index contributed by atoms with van der Waals surface area (Å²) in [5.41, 5.74) is 1.28. The molecule has 0 unspecified atom stereocenters. The van der Waals surface area contributed by atoms with E-state index in [0.717, 1.165) is 32.9 Å². The Morgan fingerprint density at radius 2 is 2.33 bits per heavy atom. The molecule has 5 heteroatoms. The molecule has 1 aromatic rings. The third kappa shape index (κ3) is 4.24. The standard InChI is InChI=1S/C13H18BrNO2S/c1-16-5-4-15-7-10-2-3-13(12(14)6-10)18-11-8-17-9-11/h2-3,6,11,15H,4-5,7-9H2,1H3. The molecule has 1 saturated heterocycles. The Hall–Kier alpha value is -0.0700. The molecule has 0 spiro atoms. The predicted molar refractivity (Wildman–Crippen MR) is 78.2 cm³/mol. The topological polar surface area (TPSA) is 30.5 Å². The lowest BCUT2D eigenvalue weighted by molar-refractivity contribution is 0.0455. The van der Waals surface area contributed by atoms with Gasteiger partial charge in [-0.1, -0.05) is 6.07 Å². The van der Waals surface area contributed by atoms with Gasteiger partial charge in [-0.3, -0.25) is 0 Å². The van der Waals surface area contributed by atoms with Crippen molar-refractivity contribution in [2.24, 2.45) is 0 Å². The molecule has 0 aromatic heterocycles. The highest BCUT2D eigenvalue weighted by Gasteiger charge is 2.20. The van der Waals surface area contributed by atoms with E-state index < -0.39 is 0 Å². The minimum atomic E-state index is 0.618. The number of hydrogen-bond acceptors (Lipinski definition) is 4. The van der Waals surface area contributed by atoms with Crippen LogP contribution in [0.1, 0.15) is 5.56 Å². The van der Waals surface area contributed by atoms with Gasteiger partial charge < -0.3 is 14.8 Å². The summed E-state index contributed by atoms with van der Waals surface area (Å²) in [5, 5.41) is 3.96. The van der Waals surface area contributed by atoms with E-state index in [-0.39, 0.29) is 0 Å². The third-order valence-corrected chi connectivity index (χ3v) is 4.84.